The molecule has 0 bridgehead atoms. The molecule has 2 aliphatic rings. The highest BCUT2D eigenvalue weighted by molar-refractivity contribution is 5.84. The smallest absolute Gasteiger partial charge is 0.227 e. The summed E-state index contributed by atoms with van der Waals surface area (Å²) in [7, 11) is 0. The van der Waals surface area contributed by atoms with Gasteiger partial charge in [-0.05, 0) is 42.4 Å². The Labute approximate surface area is 167 Å². The van der Waals surface area contributed by atoms with Gasteiger partial charge in [0.1, 0.15) is 0 Å². The number of aryl methyl sites for hydroxylation is 1. The van der Waals surface area contributed by atoms with Crippen LogP contribution in [0.25, 0.3) is 0 Å². The van der Waals surface area contributed by atoms with Crippen LogP contribution < -0.4 is 0 Å². The summed E-state index contributed by atoms with van der Waals surface area (Å²) in [5.74, 6) is 0.357. The Bertz CT molecular complexity index is 834. The number of benzene rings is 2. The van der Waals surface area contributed by atoms with Crippen LogP contribution >= 0.6 is 0 Å². The Kier molecular flexibility index (Phi) is 5.75. The first-order valence-corrected chi connectivity index (χ1v) is 10.4. The largest absolute Gasteiger partial charge is 0.342 e. The second-order valence-corrected chi connectivity index (χ2v) is 7.94. The van der Waals surface area contributed by atoms with Crippen molar-refractivity contribution in [2.24, 2.45) is 5.92 Å². The average molecular weight is 377 g/mol. The fraction of sp³-hybridized carbons (Fsp3) is 0.417. The number of hydrogen-bond donors (Lipinski definition) is 0. The van der Waals surface area contributed by atoms with E-state index in [4.69, 9.17) is 0 Å². The van der Waals surface area contributed by atoms with Crippen LogP contribution in [0.1, 0.15) is 36.0 Å². The molecule has 0 saturated carbocycles. The molecule has 4 rings (SSSR count). The molecule has 2 amide bonds. The summed E-state index contributed by atoms with van der Waals surface area (Å²) in [6.07, 6.45) is 4.01. The quantitative estimate of drug-likeness (QED) is 0.802. The van der Waals surface area contributed by atoms with Gasteiger partial charge in [-0.3, -0.25) is 9.59 Å². The molecule has 28 heavy (non-hydrogen) atoms. The van der Waals surface area contributed by atoms with Gasteiger partial charge in [0, 0.05) is 32.6 Å². The van der Waals surface area contributed by atoms with Crippen LogP contribution in [0.2, 0.25) is 0 Å². The molecule has 4 nitrogen and oxygen atoms in total. The average Bonchev–Trinajstić information content (AvgIpc) is 2.75. The lowest BCUT2D eigenvalue weighted by molar-refractivity contribution is -0.143. The molecular weight excluding hydrogens is 348 g/mol. The first kappa shape index (κ1) is 18.7. The van der Waals surface area contributed by atoms with Gasteiger partial charge in [0.2, 0.25) is 11.8 Å². The van der Waals surface area contributed by atoms with Crippen molar-refractivity contribution >= 4 is 11.8 Å². The van der Waals surface area contributed by atoms with Gasteiger partial charge in [-0.15, -0.1) is 0 Å². The summed E-state index contributed by atoms with van der Waals surface area (Å²) in [5.41, 5.74) is 3.91. The van der Waals surface area contributed by atoms with Gasteiger partial charge in [-0.25, -0.2) is 0 Å². The predicted octanol–water partition coefficient (Wildman–Crippen LogP) is 3.44. The number of carbonyl (C=O) groups excluding carboxylic acids is 2. The number of likely N-dealkylation sites (tertiary alicyclic amines) is 1. The molecule has 2 aromatic rings. The summed E-state index contributed by atoms with van der Waals surface area (Å²) in [4.78, 5) is 29.3. The van der Waals surface area contributed by atoms with Crippen molar-refractivity contribution in [1.29, 1.82) is 0 Å². The van der Waals surface area contributed by atoms with Gasteiger partial charge in [-0.2, -0.15) is 0 Å². The number of hydrogen-bond acceptors (Lipinski definition) is 2. The van der Waals surface area contributed by atoms with E-state index in [0.29, 0.717) is 25.9 Å². The summed E-state index contributed by atoms with van der Waals surface area (Å²) < 4.78 is 0. The molecule has 0 spiro atoms. The van der Waals surface area contributed by atoms with Crippen molar-refractivity contribution in [2.45, 2.75) is 38.6 Å². The molecule has 0 aliphatic carbocycles. The van der Waals surface area contributed by atoms with Gasteiger partial charge in [0.05, 0.1) is 5.92 Å². The maximum atomic E-state index is 13.1. The van der Waals surface area contributed by atoms with Crippen molar-refractivity contribution in [1.82, 2.24) is 9.80 Å². The van der Waals surface area contributed by atoms with E-state index in [1.54, 1.807) is 0 Å². The molecule has 0 radical (unpaired) electrons. The fourth-order valence-electron chi connectivity index (χ4n) is 4.39. The first-order chi connectivity index (χ1) is 13.7. The molecule has 1 saturated heterocycles. The van der Waals surface area contributed by atoms with Gasteiger partial charge in [0.25, 0.3) is 0 Å². The fourth-order valence-corrected chi connectivity index (χ4v) is 4.39. The molecule has 146 valence electrons. The van der Waals surface area contributed by atoms with Crippen molar-refractivity contribution in [3.63, 3.8) is 0 Å². The molecule has 4 heteroatoms. The van der Waals surface area contributed by atoms with Crippen molar-refractivity contribution in [3.05, 3.63) is 71.3 Å². The van der Waals surface area contributed by atoms with Crippen molar-refractivity contribution in [2.75, 3.05) is 19.6 Å². The van der Waals surface area contributed by atoms with Crippen LogP contribution in [-0.2, 0) is 29.0 Å². The number of amides is 2. The third kappa shape index (κ3) is 4.27. The van der Waals surface area contributed by atoms with Crippen LogP contribution in [0.3, 0.4) is 0 Å². The maximum Gasteiger partial charge on any atom is 0.227 e. The minimum absolute atomic E-state index is 0.0558. The Morgan fingerprint density at radius 1 is 0.964 bits per heavy atom. The molecule has 0 aromatic heterocycles. The van der Waals surface area contributed by atoms with Crippen LogP contribution in [0.4, 0.5) is 0 Å². The van der Waals surface area contributed by atoms with Gasteiger partial charge >= 0.3 is 0 Å². The Morgan fingerprint density at radius 3 is 2.54 bits per heavy atom. The standard InChI is InChI=1S/C24H28N2O2/c27-23-13-12-22(18-25(23)15-6-9-19-7-2-1-3-8-19)24(28)26-16-14-20-10-4-5-11-21(20)17-26/h1-5,7-8,10-11,22H,6,9,12-18H2/t22-/m1/s1. The van der Waals surface area contributed by atoms with Gasteiger partial charge in [0.15, 0.2) is 0 Å². The molecular formula is C24H28N2O2. The highest BCUT2D eigenvalue weighted by Crippen LogP contribution is 2.24. The molecule has 0 N–H and O–H groups in total. The number of piperidine rings is 1. The van der Waals surface area contributed by atoms with Gasteiger partial charge < -0.3 is 9.80 Å². The highest BCUT2D eigenvalue weighted by Gasteiger charge is 2.33. The Balaban J connectivity index is 1.32. The van der Waals surface area contributed by atoms with E-state index in [1.165, 1.54) is 16.7 Å². The minimum Gasteiger partial charge on any atom is -0.342 e. The van der Waals surface area contributed by atoms with Crippen molar-refractivity contribution in [3.8, 4) is 0 Å². The number of carbonyl (C=O) groups is 2. The third-order valence-corrected chi connectivity index (χ3v) is 6.03. The first-order valence-electron chi connectivity index (χ1n) is 10.4. The highest BCUT2D eigenvalue weighted by atomic mass is 16.2. The van der Waals surface area contributed by atoms with E-state index in [2.05, 4.69) is 30.3 Å². The topological polar surface area (TPSA) is 40.6 Å². The second-order valence-electron chi connectivity index (χ2n) is 7.94. The van der Waals surface area contributed by atoms with Crippen LogP contribution in [-0.4, -0.2) is 41.2 Å². The third-order valence-electron chi connectivity index (χ3n) is 6.03. The zero-order valence-corrected chi connectivity index (χ0v) is 16.3. The van der Waals surface area contributed by atoms with Crippen molar-refractivity contribution < 1.29 is 9.59 Å². The lowest BCUT2D eigenvalue weighted by atomic mass is 9.93. The van der Waals surface area contributed by atoms with Gasteiger partial charge in [-0.1, -0.05) is 54.6 Å². The lowest BCUT2D eigenvalue weighted by Gasteiger charge is -2.36. The Morgan fingerprint density at radius 2 is 1.71 bits per heavy atom. The zero-order chi connectivity index (χ0) is 19.3. The zero-order valence-electron chi connectivity index (χ0n) is 16.3. The summed E-state index contributed by atoms with van der Waals surface area (Å²) >= 11 is 0. The minimum atomic E-state index is -0.0558. The summed E-state index contributed by atoms with van der Waals surface area (Å²) in [6.45, 7) is 2.80. The van der Waals surface area contributed by atoms with E-state index in [9.17, 15) is 9.59 Å². The maximum absolute atomic E-state index is 13.1. The number of nitrogens with zero attached hydrogens (tertiary/aromatic N) is 2. The van der Waals surface area contributed by atoms with Crippen LogP contribution in [0, 0.1) is 5.92 Å². The van der Waals surface area contributed by atoms with E-state index < -0.39 is 0 Å². The predicted molar refractivity (Wildman–Crippen MR) is 110 cm³/mol. The van der Waals surface area contributed by atoms with E-state index in [0.717, 1.165) is 32.4 Å². The molecule has 0 unspecified atom stereocenters. The van der Waals surface area contributed by atoms with E-state index >= 15 is 0 Å². The lowest BCUT2D eigenvalue weighted by Crippen LogP contribution is -2.48. The second kappa shape index (κ2) is 8.59. The molecule has 2 aliphatic heterocycles. The van der Waals surface area contributed by atoms with E-state index in [-0.39, 0.29) is 17.7 Å². The number of rotatable bonds is 5. The van der Waals surface area contributed by atoms with E-state index in [1.807, 2.05) is 34.1 Å². The monoisotopic (exact) mass is 376 g/mol. The molecule has 1 fully saturated rings. The SMILES string of the molecule is O=C1CC[C@@H](C(=O)N2CCc3ccccc3C2)CN1CCCc1ccccc1. The molecule has 1 atom stereocenters. The van der Waals surface area contributed by atoms with Crippen LogP contribution in [0.15, 0.2) is 54.6 Å². The Hall–Kier alpha value is -2.62. The summed E-state index contributed by atoms with van der Waals surface area (Å²) in [6, 6.07) is 18.8. The number of fused-ring (bicyclic) bond motifs is 1. The molecule has 2 heterocycles. The summed E-state index contributed by atoms with van der Waals surface area (Å²) in [5, 5.41) is 0. The molecule has 2 aromatic carbocycles. The normalized spacial score (nSPS) is 19.4. The van der Waals surface area contributed by atoms with Crippen LogP contribution in [0.5, 0.6) is 0 Å².